The first kappa shape index (κ1) is 45.9. The number of sulfonamides is 1. The predicted octanol–water partition coefficient (Wildman–Crippen LogP) is 5.47. The molecule has 5 rings (SSSR count). The molecular weight excluding hydrogens is 802 g/mol. The predicted molar refractivity (Wildman–Crippen MR) is 218 cm³/mol. The molecule has 2 N–H and O–H groups in total. The van der Waals surface area contributed by atoms with E-state index < -0.39 is 39.8 Å². The zero-order valence-corrected chi connectivity index (χ0v) is 35.4. The summed E-state index contributed by atoms with van der Waals surface area (Å²) in [6, 6.07) is 13.5. The van der Waals surface area contributed by atoms with Crippen molar-refractivity contribution in [3.05, 3.63) is 80.6 Å². The molecule has 1 aromatic carbocycles. The maximum absolute atomic E-state index is 12.6. The number of ether oxygens (including phenoxy) is 2. The Morgan fingerprint density at radius 3 is 1.58 bits per heavy atom. The highest BCUT2D eigenvalue weighted by atomic mass is 35.5. The molecule has 2 aliphatic rings. The smallest absolute Gasteiger partial charge is 0.340 e. The van der Waals surface area contributed by atoms with Crippen molar-refractivity contribution < 1.29 is 42.2 Å². The van der Waals surface area contributed by atoms with Gasteiger partial charge in [-0.15, -0.1) is 0 Å². The molecule has 0 atom stereocenters. The second-order valence-corrected chi connectivity index (χ2v) is 17.0. The first-order chi connectivity index (χ1) is 27.8. The number of benzene rings is 1. The lowest BCUT2D eigenvalue weighted by molar-refractivity contribution is -0.142. The van der Waals surface area contributed by atoms with Crippen molar-refractivity contribution in [1.29, 1.82) is 10.5 Å². The van der Waals surface area contributed by atoms with Gasteiger partial charge in [-0.3, -0.25) is 14.3 Å². The Hall–Kier alpha value is -5.78. The number of carbonyl (C=O) groups excluding carboxylic acids is 3. The highest BCUT2D eigenvalue weighted by Gasteiger charge is 2.31. The number of piperidine rings is 2. The Labute approximate surface area is 349 Å². The van der Waals surface area contributed by atoms with E-state index in [1.54, 1.807) is 65.8 Å². The van der Waals surface area contributed by atoms with Gasteiger partial charge >= 0.3 is 17.9 Å². The van der Waals surface area contributed by atoms with Gasteiger partial charge in [0.2, 0.25) is 15.9 Å². The van der Waals surface area contributed by atoms with Crippen LogP contribution in [0.1, 0.15) is 102 Å². The maximum atomic E-state index is 12.6. The van der Waals surface area contributed by atoms with Gasteiger partial charge in [0.25, 0.3) is 0 Å². The first-order valence-corrected chi connectivity index (χ1v) is 21.1. The molecule has 0 spiro atoms. The number of nitriles is 2. The number of nitrogens with zero attached hydrogens (tertiary/aromatic N) is 6. The van der Waals surface area contributed by atoms with E-state index >= 15 is 0 Å². The van der Waals surface area contributed by atoms with Gasteiger partial charge in [-0.2, -0.15) is 10.5 Å². The highest BCUT2D eigenvalue weighted by molar-refractivity contribution is 7.89. The molecule has 2 aromatic heterocycles. The number of hydrogen-bond donors (Lipinski definition) is 2. The van der Waals surface area contributed by atoms with Gasteiger partial charge < -0.3 is 24.4 Å². The molecule has 0 radical (unpaired) electrons. The van der Waals surface area contributed by atoms with Gasteiger partial charge in [-0.25, -0.2) is 28.0 Å². The molecule has 2 aliphatic heterocycles. The third-order valence-corrected chi connectivity index (χ3v) is 11.1. The molecule has 18 heteroatoms. The number of aryl methyl sites for hydroxylation is 2. The number of carboxylic acids is 1. The molecule has 314 valence electrons. The lowest BCUT2D eigenvalue weighted by Crippen LogP contribution is -2.43. The van der Waals surface area contributed by atoms with Crippen LogP contribution in [-0.4, -0.2) is 85.7 Å². The normalized spacial score (nSPS) is 14.8. The average Bonchev–Trinajstić information content (AvgIpc) is 3.18. The summed E-state index contributed by atoms with van der Waals surface area (Å²) in [5.74, 6) is -2.60. The fourth-order valence-electron chi connectivity index (χ4n) is 6.56. The van der Waals surface area contributed by atoms with E-state index in [0.29, 0.717) is 91.0 Å². The fourth-order valence-corrected chi connectivity index (χ4v) is 7.87. The van der Waals surface area contributed by atoms with E-state index in [2.05, 4.69) is 26.8 Å². The minimum Gasteiger partial charge on any atom is -0.481 e. The van der Waals surface area contributed by atoms with E-state index in [9.17, 15) is 38.1 Å². The van der Waals surface area contributed by atoms with E-state index in [1.165, 1.54) is 12.1 Å². The van der Waals surface area contributed by atoms with E-state index in [-0.39, 0.29) is 40.6 Å². The average molecular weight is 850 g/mol. The molecule has 0 bridgehead atoms. The molecule has 0 unspecified atom stereocenters. The van der Waals surface area contributed by atoms with E-state index in [0.717, 1.165) is 0 Å². The number of carboxylic acid groups (broad SMARTS) is 1. The number of carbonyl (C=O) groups is 4. The summed E-state index contributed by atoms with van der Waals surface area (Å²) >= 11 is 5.83. The van der Waals surface area contributed by atoms with E-state index in [4.69, 9.17) is 26.2 Å². The molecule has 2 saturated heterocycles. The van der Waals surface area contributed by atoms with Crippen LogP contribution < -0.4 is 14.5 Å². The van der Waals surface area contributed by atoms with Crippen LogP contribution in [0.25, 0.3) is 0 Å². The molecular formula is C41H48ClN7O9S. The molecule has 0 aliphatic carbocycles. The lowest BCUT2D eigenvalue weighted by atomic mass is 9.96. The number of rotatable bonds is 11. The number of anilines is 2. The summed E-state index contributed by atoms with van der Waals surface area (Å²) in [4.78, 5) is 60.8. The molecule has 16 nitrogen and oxygen atoms in total. The quantitative estimate of drug-likeness (QED) is 0.228. The van der Waals surface area contributed by atoms with Crippen LogP contribution >= 0.6 is 11.6 Å². The van der Waals surface area contributed by atoms with Crippen LogP contribution in [0.4, 0.5) is 11.6 Å². The standard InChI is InChI=1S/C24H27ClN4O5S.C17H21N3O4/c1-15(2)34-24(31)21-12-19(13-26)22(27-16(21)3)29-10-8-18(9-11-29)23(30)28-35(32,33)14-17-4-6-20(25)7-5-17;1-10(2)24-17(23)14-8-13(9-18)15(19-11(14)3)20-6-4-12(5-7-20)16(21)22/h4-7,12,15,18H,8-11,14H2,1-3H3,(H,28,30);8,10,12H,4-7H2,1-3H3,(H,21,22). The van der Waals surface area contributed by atoms with Crippen molar-refractivity contribution >= 4 is 57.1 Å². The van der Waals surface area contributed by atoms with Crippen molar-refractivity contribution in [2.24, 2.45) is 11.8 Å². The maximum Gasteiger partial charge on any atom is 0.340 e. The number of aromatic nitrogens is 2. The number of esters is 2. The van der Waals surface area contributed by atoms with Crippen molar-refractivity contribution in [3.8, 4) is 12.1 Å². The van der Waals surface area contributed by atoms with Gasteiger partial charge in [0.05, 0.1) is 57.5 Å². The number of nitrogens with one attached hydrogen (secondary N) is 1. The molecule has 2 fully saturated rings. The van der Waals surface area contributed by atoms with Crippen LogP contribution in [0.5, 0.6) is 0 Å². The molecule has 59 heavy (non-hydrogen) atoms. The monoisotopic (exact) mass is 849 g/mol. The van der Waals surface area contributed by atoms with Gasteiger partial charge in [-0.1, -0.05) is 23.7 Å². The SMILES string of the molecule is Cc1nc(N2CCC(C(=O)NS(=O)(=O)Cc3ccc(Cl)cc3)CC2)c(C#N)cc1C(=O)OC(C)C.Cc1nc(N2CCC(C(=O)O)CC2)c(C#N)cc1C(=O)OC(C)C. The van der Waals surface area contributed by atoms with Crippen LogP contribution in [0, 0.1) is 48.3 Å². The van der Waals surface area contributed by atoms with Gasteiger partial charge in [-0.05, 0) is 97.1 Å². The Bertz CT molecular complexity index is 2240. The summed E-state index contributed by atoms with van der Waals surface area (Å²) in [7, 11) is -3.86. The van der Waals surface area contributed by atoms with Crippen molar-refractivity contribution in [1.82, 2.24) is 14.7 Å². The lowest BCUT2D eigenvalue weighted by Gasteiger charge is -2.32. The number of pyridine rings is 2. The van der Waals surface area contributed by atoms with Gasteiger partial charge in [0, 0.05) is 37.1 Å². The number of halogens is 1. The van der Waals surface area contributed by atoms with Crippen LogP contribution in [0.2, 0.25) is 5.02 Å². The number of amides is 1. The Morgan fingerprint density at radius 2 is 1.20 bits per heavy atom. The Balaban J connectivity index is 0.000000280. The van der Waals surface area contributed by atoms with Crippen LogP contribution in [0.3, 0.4) is 0 Å². The number of aliphatic carboxylic acids is 1. The summed E-state index contributed by atoms with van der Waals surface area (Å²) in [5, 5.41) is 28.6. The summed E-state index contributed by atoms with van der Waals surface area (Å²) in [6.45, 7) is 12.2. The number of hydrogen-bond acceptors (Lipinski definition) is 14. The zero-order valence-electron chi connectivity index (χ0n) is 33.8. The van der Waals surface area contributed by atoms with Crippen LogP contribution in [0.15, 0.2) is 36.4 Å². The molecule has 0 saturated carbocycles. The van der Waals surface area contributed by atoms with Gasteiger partial charge in [0.1, 0.15) is 23.8 Å². The zero-order chi connectivity index (χ0) is 43.6. The van der Waals surface area contributed by atoms with E-state index in [1.807, 2.05) is 9.80 Å². The van der Waals surface area contributed by atoms with Gasteiger partial charge in [0.15, 0.2) is 0 Å². The summed E-state index contributed by atoms with van der Waals surface area (Å²) in [6.07, 6.45) is 1.26. The second-order valence-electron chi connectivity index (χ2n) is 14.8. The fraction of sp³-hybridized carbons (Fsp3) is 0.463. The highest BCUT2D eigenvalue weighted by Crippen LogP contribution is 2.29. The third kappa shape index (κ3) is 12.6. The Kier molecular flexibility index (Phi) is 15.8. The molecule has 1 amide bonds. The van der Waals surface area contributed by atoms with Crippen molar-refractivity contribution in [3.63, 3.8) is 0 Å². The third-order valence-electron chi connectivity index (χ3n) is 9.59. The van der Waals surface area contributed by atoms with Crippen molar-refractivity contribution in [2.75, 3.05) is 36.0 Å². The summed E-state index contributed by atoms with van der Waals surface area (Å²) in [5.41, 5.74) is 2.51. The second kappa shape index (κ2) is 20.3. The van der Waals surface area contributed by atoms with Crippen LogP contribution in [-0.2, 0) is 34.8 Å². The largest absolute Gasteiger partial charge is 0.481 e. The summed E-state index contributed by atoms with van der Waals surface area (Å²) < 4.78 is 37.5. The molecule has 4 heterocycles. The first-order valence-electron chi connectivity index (χ1n) is 19.1. The topological polar surface area (TPSA) is 233 Å². The molecule has 3 aromatic rings. The minimum absolute atomic E-state index is 0.235. The Morgan fingerprint density at radius 1 is 0.797 bits per heavy atom. The van der Waals surface area contributed by atoms with Crippen molar-refractivity contribution in [2.45, 2.75) is 85.2 Å². The minimum atomic E-state index is -3.86.